The largest absolute Gasteiger partial charge is 0.345 e. The second kappa shape index (κ2) is 8.92. The summed E-state index contributed by atoms with van der Waals surface area (Å²) in [5.74, 6) is -0.308. The summed E-state index contributed by atoms with van der Waals surface area (Å²) in [6.45, 7) is 3.70. The fourth-order valence-electron chi connectivity index (χ4n) is 3.10. The van der Waals surface area contributed by atoms with Gasteiger partial charge < -0.3 is 5.32 Å². The molecule has 5 nitrogen and oxygen atoms in total. The van der Waals surface area contributed by atoms with Crippen LogP contribution < -0.4 is 10.0 Å². The molecule has 3 aromatic rings. The molecule has 3 rings (SSSR count). The number of hydrogen-bond acceptors (Lipinski definition) is 3. The Balaban J connectivity index is 1.85. The first-order chi connectivity index (χ1) is 13.9. The highest BCUT2D eigenvalue weighted by Crippen LogP contribution is 2.22. The molecule has 6 heteroatoms. The zero-order valence-electron chi connectivity index (χ0n) is 16.4. The van der Waals surface area contributed by atoms with Crippen LogP contribution in [-0.2, 0) is 10.0 Å². The van der Waals surface area contributed by atoms with Crippen LogP contribution in [0.2, 0.25) is 0 Å². The molecule has 3 aromatic carbocycles. The van der Waals surface area contributed by atoms with E-state index in [2.05, 4.69) is 10.0 Å². The van der Waals surface area contributed by atoms with Gasteiger partial charge >= 0.3 is 0 Å². The number of rotatable bonds is 7. The third kappa shape index (κ3) is 5.03. The van der Waals surface area contributed by atoms with E-state index in [0.29, 0.717) is 16.8 Å². The number of anilines is 1. The number of nitrogens with one attached hydrogen (secondary N) is 2. The molecule has 1 atom stereocenters. The van der Waals surface area contributed by atoms with Crippen LogP contribution in [0.5, 0.6) is 0 Å². The number of hydrogen-bond donors (Lipinski definition) is 2. The van der Waals surface area contributed by atoms with Gasteiger partial charge in [0.15, 0.2) is 0 Å². The van der Waals surface area contributed by atoms with E-state index in [1.54, 1.807) is 43.3 Å². The lowest BCUT2D eigenvalue weighted by molar-refractivity contribution is 0.0935. The molecule has 29 heavy (non-hydrogen) atoms. The lowest BCUT2D eigenvalue weighted by Gasteiger charge is -2.18. The highest BCUT2D eigenvalue weighted by atomic mass is 32.2. The first kappa shape index (κ1) is 20.6. The van der Waals surface area contributed by atoms with Gasteiger partial charge in [-0.3, -0.25) is 9.52 Å². The Morgan fingerprint density at radius 2 is 1.55 bits per heavy atom. The summed E-state index contributed by atoms with van der Waals surface area (Å²) in [6.07, 6.45) is 0.725. The molecule has 150 valence electrons. The number of amides is 1. The summed E-state index contributed by atoms with van der Waals surface area (Å²) < 4.78 is 28.3. The van der Waals surface area contributed by atoms with E-state index in [1.165, 1.54) is 6.07 Å². The molecule has 0 fully saturated rings. The van der Waals surface area contributed by atoms with E-state index < -0.39 is 10.0 Å². The summed E-state index contributed by atoms with van der Waals surface area (Å²) in [7, 11) is -3.82. The molecule has 0 saturated carbocycles. The van der Waals surface area contributed by atoms with Crippen molar-refractivity contribution in [2.45, 2.75) is 31.2 Å². The van der Waals surface area contributed by atoms with Crippen LogP contribution in [0, 0.1) is 6.92 Å². The smallest absolute Gasteiger partial charge is 0.262 e. The molecule has 0 unspecified atom stereocenters. The van der Waals surface area contributed by atoms with E-state index in [4.69, 9.17) is 0 Å². The predicted molar refractivity (Wildman–Crippen MR) is 115 cm³/mol. The lowest BCUT2D eigenvalue weighted by atomic mass is 10.0. The second-order valence-electron chi connectivity index (χ2n) is 6.80. The van der Waals surface area contributed by atoms with Crippen LogP contribution >= 0.6 is 0 Å². The SMILES string of the molecule is CC[C@@H](NC(=O)c1ccc(C)c(S(=O)(=O)Nc2ccccc2)c1)c1ccccc1. The quantitative estimate of drug-likeness (QED) is 0.596. The summed E-state index contributed by atoms with van der Waals surface area (Å²) in [4.78, 5) is 12.9. The van der Waals surface area contributed by atoms with Gasteiger partial charge in [0.1, 0.15) is 0 Å². The van der Waals surface area contributed by atoms with Crippen molar-refractivity contribution in [2.24, 2.45) is 0 Å². The van der Waals surface area contributed by atoms with Crippen molar-refractivity contribution in [3.05, 3.63) is 95.6 Å². The molecule has 1 amide bonds. The summed E-state index contributed by atoms with van der Waals surface area (Å²) in [6, 6.07) is 22.9. The number of sulfonamides is 1. The first-order valence-corrected chi connectivity index (χ1v) is 10.9. The van der Waals surface area contributed by atoms with Crippen molar-refractivity contribution < 1.29 is 13.2 Å². The minimum Gasteiger partial charge on any atom is -0.345 e. The number of benzene rings is 3. The van der Waals surface area contributed by atoms with Crippen molar-refractivity contribution in [1.82, 2.24) is 5.32 Å². The molecule has 0 aliphatic carbocycles. The Morgan fingerprint density at radius 1 is 0.931 bits per heavy atom. The third-order valence-electron chi connectivity index (χ3n) is 4.68. The molecular weight excluding hydrogens is 384 g/mol. The highest BCUT2D eigenvalue weighted by molar-refractivity contribution is 7.92. The minimum absolute atomic E-state index is 0.0850. The summed E-state index contributed by atoms with van der Waals surface area (Å²) >= 11 is 0. The fraction of sp³-hybridized carbons (Fsp3) is 0.174. The van der Waals surface area contributed by atoms with E-state index >= 15 is 0 Å². The van der Waals surface area contributed by atoms with Crippen LogP contribution in [0.4, 0.5) is 5.69 Å². The molecule has 0 aromatic heterocycles. The summed E-state index contributed by atoms with van der Waals surface area (Å²) in [5, 5.41) is 2.99. The summed E-state index contributed by atoms with van der Waals surface area (Å²) in [5.41, 5.74) is 2.35. The Morgan fingerprint density at radius 3 is 2.17 bits per heavy atom. The van der Waals surface area contributed by atoms with Gasteiger partial charge in [0, 0.05) is 11.3 Å². The Bertz CT molecular complexity index is 1080. The number of carbonyl (C=O) groups is 1. The van der Waals surface area contributed by atoms with Gasteiger partial charge in [-0.25, -0.2) is 8.42 Å². The van der Waals surface area contributed by atoms with Gasteiger partial charge in [-0.05, 0) is 48.7 Å². The zero-order valence-corrected chi connectivity index (χ0v) is 17.2. The highest BCUT2D eigenvalue weighted by Gasteiger charge is 2.20. The van der Waals surface area contributed by atoms with Crippen molar-refractivity contribution >= 4 is 21.6 Å². The molecule has 0 aliphatic heterocycles. The molecule has 2 N–H and O–H groups in total. The molecule has 0 heterocycles. The van der Waals surface area contributed by atoms with Gasteiger partial charge in [-0.15, -0.1) is 0 Å². The average molecular weight is 409 g/mol. The monoisotopic (exact) mass is 408 g/mol. The fourth-order valence-corrected chi connectivity index (χ4v) is 4.43. The van der Waals surface area contributed by atoms with E-state index in [1.807, 2.05) is 43.3 Å². The van der Waals surface area contributed by atoms with E-state index in [9.17, 15) is 13.2 Å². The third-order valence-corrected chi connectivity index (χ3v) is 6.20. The standard InChI is InChI=1S/C23H24N2O3S/c1-3-21(18-10-6-4-7-11-18)24-23(26)19-15-14-17(2)22(16-19)29(27,28)25-20-12-8-5-9-13-20/h4-16,21,25H,3H2,1-2H3,(H,24,26)/t21-/m1/s1. The molecule has 0 aliphatic rings. The number of aryl methyl sites for hydroxylation is 1. The number of carbonyl (C=O) groups excluding carboxylic acids is 1. The number of para-hydroxylation sites is 1. The molecule has 0 bridgehead atoms. The van der Waals surface area contributed by atoms with Crippen LogP contribution in [0.15, 0.2) is 83.8 Å². The zero-order chi connectivity index (χ0) is 20.9. The van der Waals surface area contributed by atoms with Crippen LogP contribution in [0.25, 0.3) is 0 Å². The van der Waals surface area contributed by atoms with Crippen molar-refractivity contribution in [3.8, 4) is 0 Å². The van der Waals surface area contributed by atoms with Crippen molar-refractivity contribution in [1.29, 1.82) is 0 Å². The molecular formula is C23H24N2O3S. The maximum atomic E-state index is 12.9. The van der Waals surface area contributed by atoms with Gasteiger partial charge in [0.25, 0.3) is 15.9 Å². The Labute approximate surface area is 171 Å². The average Bonchev–Trinajstić information content (AvgIpc) is 2.73. The van der Waals surface area contributed by atoms with Gasteiger partial charge in [-0.1, -0.05) is 61.5 Å². The minimum atomic E-state index is -3.82. The Hall–Kier alpha value is -3.12. The van der Waals surface area contributed by atoms with Crippen molar-refractivity contribution in [2.75, 3.05) is 4.72 Å². The van der Waals surface area contributed by atoms with Crippen LogP contribution in [0.3, 0.4) is 0 Å². The van der Waals surface area contributed by atoms with Crippen LogP contribution in [-0.4, -0.2) is 14.3 Å². The van der Waals surface area contributed by atoms with Gasteiger partial charge in [0.2, 0.25) is 0 Å². The maximum absolute atomic E-state index is 12.9. The van der Waals surface area contributed by atoms with Gasteiger partial charge in [0.05, 0.1) is 10.9 Å². The molecule has 0 saturated heterocycles. The molecule has 0 spiro atoms. The second-order valence-corrected chi connectivity index (χ2v) is 8.45. The lowest BCUT2D eigenvalue weighted by Crippen LogP contribution is -2.28. The van der Waals surface area contributed by atoms with E-state index in [0.717, 1.165) is 12.0 Å². The van der Waals surface area contributed by atoms with E-state index in [-0.39, 0.29) is 16.8 Å². The van der Waals surface area contributed by atoms with Crippen LogP contribution in [0.1, 0.15) is 40.9 Å². The topological polar surface area (TPSA) is 75.3 Å². The van der Waals surface area contributed by atoms with Crippen molar-refractivity contribution in [3.63, 3.8) is 0 Å². The molecule has 0 radical (unpaired) electrons. The normalized spacial score (nSPS) is 12.2. The first-order valence-electron chi connectivity index (χ1n) is 9.45. The maximum Gasteiger partial charge on any atom is 0.262 e. The Kier molecular flexibility index (Phi) is 6.34. The predicted octanol–water partition coefficient (Wildman–Crippen LogP) is 4.68. The van der Waals surface area contributed by atoms with Gasteiger partial charge in [-0.2, -0.15) is 0 Å².